The first-order valence-electron chi connectivity index (χ1n) is 6.45. The van der Waals surface area contributed by atoms with Crippen LogP contribution in [0.25, 0.3) is 0 Å². The maximum atomic E-state index is 10.4. The van der Waals surface area contributed by atoms with Crippen LogP contribution >= 0.6 is 0 Å². The number of rotatable bonds is 1. The van der Waals surface area contributed by atoms with E-state index in [1.807, 2.05) is 26.1 Å². The van der Waals surface area contributed by atoms with Crippen LogP contribution in [0.4, 0.5) is 0 Å². The van der Waals surface area contributed by atoms with Crippen molar-refractivity contribution in [3.8, 4) is 0 Å². The molecule has 6 heteroatoms. The molecule has 2 rings (SSSR count). The molecule has 0 amide bonds. The van der Waals surface area contributed by atoms with Gasteiger partial charge in [-0.15, -0.1) is 0 Å². The van der Waals surface area contributed by atoms with Crippen LogP contribution in [0.15, 0.2) is 18.3 Å². The molecule has 1 aromatic heterocycles. The summed E-state index contributed by atoms with van der Waals surface area (Å²) in [6, 6.07) is 4.14. The summed E-state index contributed by atoms with van der Waals surface area (Å²) in [5.41, 5.74) is 1.24. The standard InChI is InChI=1S/C13H21N.2ClH.2H2O.Ti/c1-5-10(3)13(11(4)6-2)12-8-7-9-14-12;;;;;/h5-11,13-14H,1-4H3;2*1H;2*1H2;/q;;;;;+4/p-4. The Hall–Kier alpha value is 0.494. The molecule has 3 nitrogen and oxygen atoms in total. The molecule has 110 valence electrons. The molecule has 3 N–H and O–H groups in total. The summed E-state index contributed by atoms with van der Waals surface area (Å²) < 4.78 is 20.9. The van der Waals surface area contributed by atoms with Crippen LogP contribution in [0.1, 0.15) is 39.3 Å². The molecule has 0 spiro atoms. The van der Waals surface area contributed by atoms with E-state index in [0.717, 1.165) is 0 Å². The van der Waals surface area contributed by atoms with Crippen LogP contribution in [0.3, 0.4) is 0 Å². The third kappa shape index (κ3) is 3.23. The maximum Gasteiger partial charge on any atom is -1.00 e. The van der Waals surface area contributed by atoms with Gasteiger partial charge in [0.2, 0.25) is 0 Å². The third-order valence-electron chi connectivity index (χ3n) is 5.03. The first-order chi connectivity index (χ1) is 7.87. The average molecular weight is 344 g/mol. The monoisotopic (exact) mass is 343 g/mol. The van der Waals surface area contributed by atoms with Crippen LogP contribution in [0.2, 0.25) is 8.45 Å². The molecule has 0 aliphatic carbocycles. The van der Waals surface area contributed by atoms with E-state index in [1.165, 1.54) is 5.69 Å². The summed E-state index contributed by atoms with van der Waals surface area (Å²) >= 11 is -3.63. The zero-order valence-electron chi connectivity index (χ0n) is 11.8. The molecule has 4 atom stereocenters. The molecular weight excluding hydrogens is 321 g/mol. The fourth-order valence-electron chi connectivity index (χ4n) is 3.41. The predicted octanol–water partition coefficient (Wildman–Crippen LogP) is -3.02. The molecular formula is C13H23Cl2NO2Ti. The molecule has 4 unspecified atom stereocenters. The molecule has 1 aliphatic heterocycles. The molecule has 1 aromatic rings. The largest absolute Gasteiger partial charge is 1.00 e. The van der Waals surface area contributed by atoms with E-state index in [0.29, 0.717) is 17.8 Å². The van der Waals surface area contributed by atoms with Gasteiger partial charge in [-0.2, -0.15) is 0 Å². The minimum Gasteiger partial charge on any atom is -1.00 e. The van der Waals surface area contributed by atoms with Crippen molar-refractivity contribution in [1.29, 1.82) is 0 Å². The summed E-state index contributed by atoms with van der Waals surface area (Å²) in [4.78, 5) is 3.29. The van der Waals surface area contributed by atoms with E-state index in [9.17, 15) is 7.38 Å². The van der Waals surface area contributed by atoms with Gasteiger partial charge in [0, 0.05) is 0 Å². The van der Waals surface area contributed by atoms with E-state index >= 15 is 0 Å². The topological polar surface area (TPSA) is 56.2 Å². The number of aromatic nitrogens is 1. The molecule has 0 saturated carbocycles. The molecule has 1 saturated heterocycles. The minimum atomic E-state index is -3.63. The van der Waals surface area contributed by atoms with Gasteiger partial charge in [0.25, 0.3) is 0 Å². The van der Waals surface area contributed by atoms with Crippen molar-refractivity contribution in [3.05, 3.63) is 24.0 Å². The molecule has 0 aromatic carbocycles. The average Bonchev–Trinajstić information content (AvgIpc) is 2.78. The van der Waals surface area contributed by atoms with Gasteiger partial charge in [-0.05, 0) is 0 Å². The van der Waals surface area contributed by atoms with Crippen molar-refractivity contribution in [2.24, 2.45) is 11.8 Å². The van der Waals surface area contributed by atoms with E-state index in [4.69, 9.17) is 0 Å². The molecule has 0 bridgehead atoms. The number of H-pyrrole nitrogens is 1. The van der Waals surface area contributed by atoms with Crippen LogP contribution in [0.5, 0.6) is 0 Å². The summed E-state index contributed by atoms with van der Waals surface area (Å²) in [7, 11) is 0. The molecule has 1 fully saturated rings. The number of halogens is 2. The zero-order valence-corrected chi connectivity index (χ0v) is 14.8. The summed E-state index contributed by atoms with van der Waals surface area (Å²) in [6.45, 7) is 8.35. The third-order valence-corrected chi connectivity index (χ3v) is 10.9. The van der Waals surface area contributed by atoms with Crippen molar-refractivity contribution < 1.29 is 49.6 Å². The SMILES string of the molecule is CC1C(c2ccc[nH]2)C(C)[CH](C)[Ti+2]([OH])([OH])[CH]1C.[Cl-].[Cl-]. The Morgan fingerprint density at radius 2 is 1.47 bits per heavy atom. The Bertz CT molecular complexity index is 368. The van der Waals surface area contributed by atoms with Gasteiger partial charge < -0.3 is 24.8 Å². The second kappa shape index (κ2) is 6.97. The first kappa shape index (κ1) is 19.5. The number of hydrogen-bond donors (Lipinski definition) is 3. The fourth-order valence-corrected chi connectivity index (χ4v) is 7.77. The number of nitrogens with one attached hydrogen (secondary N) is 1. The second-order valence-corrected chi connectivity index (χ2v) is 11.0. The summed E-state index contributed by atoms with van der Waals surface area (Å²) in [5, 5.41) is 0. The first-order valence-corrected chi connectivity index (χ1v) is 9.65. The smallest absolute Gasteiger partial charge is 1.00 e. The number of aromatic amines is 1. The quantitative estimate of drug-likeness (QED) is 0.475. The zero-order chi connectivity index (χ0) is 12.8. The number of hydrogen-bond acceptors (Lipinski definition) is 2. The predicted molar refractivity (Wildman–Crippen MR) is 65.1 cm³/mol. The van der Waals surface area contributed by atoms with Crippen molar-refractivity contribution in [3.63, 3.8) is 0 Å². The Kier molecular flexibility index (Phi) is 7.15. The summed E-state index contributed by atoms with van der Waals surface area (Å²) in [5.74, 6) is 1.07. The van der Waals surface area contributed by atoms with Gasteiger partial charge in [0.1, 0.15) is 0 Å². The Morgan fingerprint density at radius 1 is 1.00 bits per heavy atom. The molecule has 1 aliphatic rings. The van der Waals surface area contributed by atoms with Gasteiger partial charge in [-0.25, -0.2) is 0 Å². The van der Waals surface area contributed by atoms with Crippen molar-refractivity contribution in [2.45, 2.75) is 42.1 Å². The van der Waals surface area contributed by atoms with Gasteiger partial charge in [-0.3, -0.25) is 0 Å². The Morgan fingerprint density at radius 3 is 1.84 bits per heavy atom. The van der Waals surface area contributed by atoms with Crippen molar-refractivity contribution >= 4 is 0 Å². The fraction of sp³-hybridized carbons (Fsp3) is 0.692. The van der Waals surface area contributed by atoms with E-state index in [2.05, 4.69) is 24.9 Å². The van der Waals surface area contributed by atoms with Crippen LogP contribution in [0, 0.1) is 11.8 Å². The maximum absolute atomic E-state index is 10.4. The van der Waals surface area contributed by atoms with Gasteiger partial charge in [-0.1, -0.05) is 0 Å². The minimum absolute atomic E-state index is 0. The second-order valence-electron chi connectivity index (χ2n) is 5.73. The van der Waals surface area contributed by atoms with E-state index in [1.54, 1.807) is 0 Å². The van der Waals surface area contributed by atoms with Crippen LogP contribution in [-0.2, 0) is 17.4 Å². The van der Waals surface area contributed by atoms with E-state index in [-0.39, 0.29) is 33.3 Å². The normalized spacial score (nSPS) is 35.4. The van der Waals surface area contributed by atoms with Gasteiger partial charge >= 0.3 is 108 Å². The molecule has 19 heavy (non-hydrogen) atoms. The van der Waals surface area contributed by atoms with Crippen LogP contribution < -0.4 is 24.8 Å². The van der Waals surface area contributed by atoms with Crippen LogP contribution in [-0.4, -0.2) is 12.4 Å². The Labute approximate surface area is 132 Å². The van der Waals surface area contributed by atoms with Crippen molar-refractivity contribution in [1.82, 2.24) is 4.98 Å². The molecule has 2 heterocycles. The van der Waals surface area contributed by atoms with Crippen molar-refractivity contribution in [2.75, 3.05) is 0 Å². The van der Waals surface area contributed by atoms with Gasteiger partial charge in [0.05, 0.1) is 0 Å². The summed E-state index contributed by atoms with van der Waals surface area (Å²) in [6.07, 6.45) is 1.95. The van der Waals surface area contributed by atoms with Gasteiger partial charge in [0.15, 0.2) is 0 Å². The Balaban J connectivity index is 0.00000162. The van der Waals surface area contributed by atoms with E-state index < -0.39 is 17.4 Å². The molecule has 0 radical (unpaired) electrons.